The molecule has 1 aromatic carbocycles. The number of aromatic nitrogens is 4. The van der Waals surface area contributed by atoms with E-state index in [1.54, 1.807) is 27.7 Å². The van der Waals surface area contributed by atoms with Crippen LogP contribution in [0.5, 0.6) is 0 Å². The number of hydrogen-bond acceptors (Lipinski definition) is 6. The highest BCUT2D eigenvalue weighted by molar-refractivity contribution is 7.92. The van der Waals surface area contributed by atoms with Crippen LogP contribution in [-0.4, -0.2) is 52.2 Å². The molecule has 3 heterocycles. The molecule has 9 heteroatoms. The molecule has 3 aromatic rings. The van der Waals surface area contributed by atoms with Crippen LogP contribution in [0.1, 0.15) is 49.5 Å². The van der Waals surface area contributed by atoms with Gasteiger partial charge in [-0.2, -0.15) is 10.2 Å². The predicted octanol–water partition coefficient (Wildman–Crippen LogP) is 3.18. The SMILES string of the molecule is Cc1cc(CC(=O)C(CC2CCOCC2)n2ncc3c(S(=O)(=O)C4CC4)cccc32)nn1C. The summed E-state index contributed by atoms with van der Waals surface area (Å²) in [7, 11) is -1.50. The molecule has 2 fully saturated rings. The number of rotatable bonds is 8. The number of nitrogens with zero attached hydrogens (tertiary/aromatic N) is 4. The van der Waals surface area contributed by atoms with Crippen molar-refractivity contribution in [1.82, 2.24) is 19.6 Å². The fraction of sp³-hybridized carbons (Fsp3) is 0.542. The third kappa shape index (κ3) is 4.36. The number of ketones is 1. The van der Waals surface area contributed by atoms with E-state index >= 15 is 0 Å². The smallest absolute Gasteiger partial charge is 0.181 e. The van der Waals surface area contributed by atoms with Gasteiger partial charge in [0.15, 0.2) is 15.6 Å². The topological polar surface area (TPSA) is 96.1 Å². The van der Waals surface area contributed by atoms with Gasteiger partial charge in [-0.25, -0.2) is 8.42 Å². The second-order valence-corrected chi connectivity index (χ2v) is 11.6. The Balaban J connectivity index is 1.52. The molecule has 2 aromatic heterocycles. The van der Waals surface area contributed by atoms with Gasteiger partial charge in [0.25, 0.3) is 0 Å². The number of hydrogen-bond donors (Lipinski definition) is 0. The number of fused-ring (bicyclic) bond motifs is 1. The molecule has 2 aliphatic rings. The summed E-state index contributed by atoms with van der Waals surface area (Å²) in [6, 6.07) is 6.74. The lowest BCUT2D eigenvalue weighted by Crippen LogP contribution is -2.27. The molecule has 5 rings (SSSR count). The Bertz CT molecular complexity index is 1260. The van der Waals surface area contributed by atoms with Crippen molar-refractivity contribution < 1.29 is 17.9 Å². The minimum absolute atomic E-state index is 0.0417. The molecule has 0 N–H and O–H groups in total. The third-order valence-electron chi connectivity index (χ3n) is 6.95. The standard InChI is InChI=1S/C24H30N4O4S/c1-16-12-18(26-27(16)2)14-23(29)22(13-17-8-10-32-11-9-17)28-21-4-3-5-24(20(21)15-25-28)33(30,31)19-6-7-19/h3-5,12,15,17,19,22H,6-11,13-14H2,1-2H3. The zero-order valence-electron chi connectivity index (χ0n) is 19.1. The molecule has 0 radical (unpaired) electrons. The Morgan fingerprint density at radius 3 is 2.64 bits per heavy atom. The van der Waals surface area contributed by atoms with E-state index in [9.17, 15) is 13.2 Å². The maximum absolute atomic E-state index is 13.6. The minimum Gasteiger partial charge on any atom is -0.381 e. The molecular weight excluding hydrogens is 440 g/mol. The summed E-state index contributed by atoms with van der Waals surface area (Å²) in [5, 5.41) is 9.34. The molecule has 33 heavy (non-hydrogen) atoms. The molecule has 0 spiro atoms. The summed E-state index contributed by atoms with van der Waals surface area (Å²) in [5.74, 6) is 0.399. The van der Waals surface area contributed by atoms with Crippen LogP contribution in [0.3, 0.4) is 0 Å². The fourth-order valence-corrected chi connectivity index (χ4v) is 6.63. The van der Waals surface area contributed by atoms with Crippen LogP contribution in [0.15, 0.2) is 35.4 Å². The van der Waals surface area contributed by atoms with Crippen LogP contribution in [-0.2, 0) is 32.8 Å². The lowest BCUT2D eigenvalue weighted by atomic mass is 9.90. The Morgan fingerprint density at radius 2 is 1.97 bits per heavy atom. The Hall–Kier alpha value is -2.52. The molecule has 0 amide bonds. The predicted molar refractivity (Wildman–Crippen MR) is 124 cm³/mol. The quantitative estimate of drug-likeness (QED) is 0.502. The van der Waals surface area contributed by atoms with Gasteiger partial charge < -0.3 is 4.74 Å². The molecule has 1 saturated heterocycles. The molecule has 1 unspecified atom stereocenters. The minimum atomic E-state index is -3.37. The van der Waals surface area contributed by atoms with Crippen molar-refractivity contribution in [1.29, 1.82) is 0 Å². The van der Waals surface area contributed by atoms with Crippen molar-refractivity contribution in [2.24, 2.45) is 13.0 Å². The van der Waals surface area contributed by atoms with Crippen LogP contribution in [0.25, 0.3) is 10.9 Å². The van der Waals surface area contributed by atoms with E-state index in [0.717, 1.165) is 24.2 Å². The molecule has 176 valence electrons. The fourth-order valence-electron chi connectivity index (χ4n) is 4.78. The lowest BCUT2D eigenvalue weighted by molar-refractivity contribution is -0.122. The second kappa shape index (κ2) is 8.68. The average Bonchev–Trinajstić information content (AvgIpc) is 3.51. The zero-order valence-corrected chi connectivity index (χ0v) is 19.9. The highest BCUT2D eigenvalue weighted by atomic mass is 32.2. The van der Waals surface area contributed by atoms with Gasteiger partial charge in [0.1, 0.15) is 6.04 Å². The van der Waals surface area contributed by atoms with Gasteiger partial charge in [0.2, 0.25) is 0 Å². The largest absolute Gasteiger partial charge is 0.381 e. The van der Waals surface area contributed by atoms with Gasteiger partial charge in [-0.05, 0) is 63.1 Å². The van der Waals surface area contributed by atoms with E-state index < -0.39 is 15.9 Å². The Labute approximate surface area is 193 Å². The van der Waals surface area contributed by atoms with E-state index in [-0.39, 0.29) is 17.5 Å². The zero-order chi connectivity index (χ0) is 23.2. The molecule has 1 aliphatic heterocycles. The first-order chi connectivity index (χ1) is 15.8. The van der Waals surface area contributed by atoms with E-state index in [0.29, 0.717) is 54.2 Å². The number of benzene rings is 1. The third-order valence-corrected chi connectivity index (χ3v) is 9.27. The van der Waals surface area contributed by atoms with Gasteiger partial charge in [-0.3, -0.25) is 14.2 Å². The summed E-state index contributed by atoms with van der Waals surface area (Å²) in [4.78, 5) is 13.9. The number of Topliss-reactive ketones (excluding diaryl/α,β-unsaturated/α-hetero) is 1. The van der Waals surface area contributed by atoms with Gasteiger partial charge >= 0.3 is 0 Å². The van der Waals surface area contributed by atoms with Crippen molar-refractivity contribution in [2.45, 2.75) is 61.6 Å². The highest BCUT2D eigenvalue weighted by Crippen LogP contribution is 2.37. The van der Waals surface area contributed by atoms with Gasteiger partial charge in [-0.15, -0.1) is 0 Å². The first-order valence-electron chi connectivity index (χ1n) is 11.6. The van der Waals surface area contributed by atoms with Gasteiger partial charge in [0, 0.05) is 31.3 Å². The van der Waals surface area contributed by atoms with Crippen molar-refractivity contribution in [3.63, 3.8) is 0 Å². The van der Waals surface area contributed by atoms with Crippen LogP contribution < -0.4 is 0 Å². The first kappa shape index (κ1) is 22.3. The molecule has 1 aliphatic carbocycles. The van der Waals surface area contributed by atoms with Crippen LogP contribution in [0.2, 0.25) is 0 Å². The summed E-state index contributed by atoms with van der Waals surface area (Å²) in [5.41, 5.74) is 2.43. The number of aryl methyl sites for hydroxylation is 2. The second-order valence-electron chi connectivity index (χ2n) is 9.37. The molecular formula is C24H30N4O4S. The Morgan fingerprint density at radius 1 is 1.21 bits per heavy atom. The number of carbonyl (C=O) groups is 1. The van der Waals surface area contributed by atoms with E-state index in [2.05, 4.69) is 10.2 Å². The molecule has 0 bridgehead atoms. The van der Waals surface area contributed by atoms with Gasteiger partial charge in [-0.1, -0.05) is 6.07 Å². The lowest BCUT2D eigenvalue weighted by Gasteiger charge is -2.26. The number of sulfone groups is 1. The van der Waals surface area contributed by atoms with E-state index in [1.807, 2.05) is 26.1 Å². The highest BCUT2D eigenvalue weighted by Gasteiger charge is 2.38. The molecule has 1 atom stereocenters. The summed E-state index contributed by atoms with van der Waals surface area (Å²) in [6.07, 6.45) is 5.73. The van der Waals surface area contributed by atoms with E-state index in [1.165, 1.54) is 0 Å². The first-order valence-corrected chi connectivity index (χ1v) is 13.2. The van der Waals surface area contributed by atoms with Crippen molar-refractivity contribution >= 4 is 26.5 Å². The average molecular weight is 471 g/mol. The number of ether oxygens (including phenoxy) is 1. The van der Waals surface area contributed by atoms with Crippen LogP contribution in [0.4, 0.5) is 0 Å². The van der Waals surface area contributed by atoms with Crippen LogP contribution >= 0.6 is 0 Å². The van der Waals surface area contributed by atoms with Crippen molar-refractivity contribution in [2.75, 3.05) is 13.2 Å². The summed E-state index contributed by atoms with van der Waals surface area (Å²) >= 11 is 0. The maximum atomic E-state index is 13.6. The Kier molecular flexibility index (Phi) is 5.86. The van der Waals surface area contributed by atoms with E-state index in [4.69, 9.17) is 4.74 Å². The van der Waals surface area contributed by atoms with Crippen molar-refractivity contribution in [3.05, 3.63) is 41.9 Å². The van der Waals surface area contributed by atoms with Crippen LogP contribution in [0, 0.1) is 12.8 Å². The summed E-state index contributed by atoms with van der Waals surface area (Å²) < 4.78 is 35.0. The maximum Gasteiger partial charge on any atom is 0.181 e. The number of carbonyl (C=O) groups excluding carboxylic acids is 1. The van der Waals surface area contributed by atoms with Crippen molar-refractivity contribution in [3.8, 4) is 0 Å². The summed E-state index contributed by atoms with van der Waals surface area (Å²) in [6.45, 7) is 3.37. The monoisotopic (exact) mass is 470 g/mol. The molecule has 8 nitrogen and oxygen atoms in total. The van der Waals surface area contributed by atoms with Gasteiger partial charge in [0.05, 0.1) is 34.0 Å². The molecule has 1 saturated carbocycles. The normalized spacial score (nSPS) is 18.6.